The first kappa shape index (κ1) is 20.1. The highest BCUT2D eigenvalue weighted by molar-refractivity contribution is 7.93. The Morgan fingerprint density at radius 2 is 1.85 bits per heavy atom. The maximum Gasteiger partial charge on any atom is 0.315 e. The van der Waals surface area contributed by atoms with Gasteiger partial charge in [-0.25, -0.2) is 17.2 Å². The number of carbonyl (C=O) groups excluding carboxylic acids is 1. The molecule has 1 amide bonds. The maximum absolute atomic E-state index is 14.3. The van der Waals surface area contributed by atoms with Crippen LogP contribution in [-0.4, -0.2) is 37.1 Å². The standard InChI is InChI=1S/C15H17F4N3O3S/c1-14(2)13(20)22-15(3,6-26(14,24)25)8-4-7(5-9(16)10(8)17)21-12(23)11(18)19/h4-5,11H,6H2,1-3H3,(H2,20,22)(H,21,23). The highest BCUT2D eigenvalue weighted by Gasteiger charge is 2.49. The molecule has 0 aromatic heterocycles. The van der Waals surface area contributed by atoms with Gasteiger partial charge in [0.1, 0.15) is 16.1 Å². The lowest BCUT2D eigenvalue weighted by molar-refractivity contribution is -0.126. The fourth-order valence-electron chi connectivity index (χ4n) is 2.53. The minimum Gasteiger partial charge on any atom is -0.386 e. The zero-order chi connectivity index (χ0) is 20.1. The van der Waals surface area contributed by atoms with E-state index < -0.39 is 61.1 Å². The second kappa shape index (κ2) is 6.22. The van der Waals surface area contributed by atoms with Crippen LogP contribution in [0.1, 0.15) is 26.3 Å². The molecule has 1 aliphatic rings. The first-order valence-corrected chi connectivity index (χ1v) is 9.03. The van der Waals surface area contributed by atoms with Crippen molar-refractivity contribution in [3.63, 3.8) is 0 Å². The first-order valence-electron chi connectivity index (χ1n) is 7.38. The number of sulfone groups is 1. The van der Waals surface area contributed by atoms with Gasteiger partial charge in [-0.15, -0.1) is 0 Å². The van der Waals surface area contributed by atoms with Crippen molar-refractivity contribution >= 4 is 27.3 Å². The third-order valence-corrected chi connectivity index (χ3v) is 7.01. The molecule has 1 unspecified atom stereocenters. The van der Waals surface area contributed by atoms with Crippen LogP contribution in [0.4, 0.5) is 23.2 Å². The van der Waals surface area contributed by atoms with Gasteiger partial charge in [0.2, 0.25) is 0 Å². The summed E-state index contributed by atoms with van der Waals surface area (Å²) in [6.07, 6.45) is -3.37. The van der Waals surface area contributed by atoms with Gasteiger partial charge in [-0.3, -0.25) is 9.79 Å². The lowest BCUT2D eigenvalue weighted by Gasteiger charge is -2.38. The van der Waals surface area contributed by atoms with E-state index in [0.29, 0.717) is 6.07 Å². The summed E-state index contributed by atoms with van der Waals surface area (Å²) in [6, 6.07) is 1.38. The number of anilines is 1. The van der Waals surface area contributed by atoms with E-state index >= 15 is 0 Å². The van der Waals surface area contributed by atoms with Gasteiger partial charge in [-0.2, -0.15) is 8.78 Å². The van der Waals surface area contributed by atoms with E-state index in [-0.39, 0.29) is 5.84 Å². The van der Waals surface area contributed by atoms with E-state index in [9.17, 15) is 30.8 Å². The Hall–Kier alpha value is -2.17. The predicted octanol–water partition coefficient (Wildman–Crippen LogP) is 1.95. The minimum absolute atomic E-state index is 0.298. The molecule has 144 valence electrons. The number of rotatable bonds is 3. The van der Waals surface area contributed by atoms with Gasteiger partial charge < -0.3 is 11.1 Å². The summed E-state index contributed by atoms with van der Waals surface area (Å²) in [4.78, 5) is 15.1. The summed E-state index contributed by atoms with van der Waals surface area (Å²) < 4.78 is 76.5. The summed E-state index contributed by atoms with van der Waals surface area (Å²) in [7, 11) is -3.90. The molecule has 1 aromatic carbocycles. The molecule has 0 spiro atoms. The minimum atomic E-state index is -3.90. The first-order chi connectivity index (χ1) is 11.7. The van der Waals surface area contributed by atoms with Crippen LogP contribution in [0.5, 0.6) is 0 Å². The lowest BCUT2D eigenvalue weighted by Crippen LogP contribution is -2.55. The smallest absolute Gasteiger partial charge is 0.315 e. The van der Waals surface area contributed by atoms with E-state index in [2.05, 4.69) is 4.99 Å². The van der Waals surface area contributed by atoms with Crippen LogP contribution in [0.15, 0.2) is 17.1 Å². The fourth-order valence-corrected chi connectivity index (χ4v) is 4.22. The Balaban J connectivity index is 2.62. The van der Waals surface area contributed by atoms with Crippen LogP contribution in [0.3, 0.4) is 0 Å². The van der Waals surface area contributed by atoms with Crippen LogP contribution in [0, 0.1) is 11.6 Å². The van der Waals surface area contributed by atoms with Crippen LogP contribution >= 0.6 is 0 Å². The van der Waals surface area contributed by atoms with Crippen molar-refractivity contribution in [2.45, 2.75) is 37.5 Å². The van der Waals surface area contributed by atoms with Gasteiger partial charge in [0.15, 0.2) is 21.5 Å². The summed E-state index contributed by atoms with van der Waals surface area (Å²) in [5, 5.41) is 1.73. The van der Waals surface area contributed by atoms with Crippen LogP contribution in [0.2, 0.25) is 0 Å². The predicted molar refractivity (Wildman–Crippen MR) is 87.8 cm³/mol. The topological polar surface area (TPSA) is 102 Å². The number of amidine groups is 1. The largest absolute Gasteiger partial charge is 0.386 e. The van der Waals surface area contributed by atoms with Crippen LogP contribution in [0.25, 0.3) is 0 Å². The quantitative estimate of drug-likeness (QED) is 0.764. The SMILES string of the molecule is CC1(c2cc(NC(=O)C(F)F)cc(F)c2F)CS(=O)(=O)C(C)(C)C(N)=N1. The monoisotopic (exact) mass is 395 g/mol. The molecule has 0 bridgehead atoms. The molecule has 2 rings (SSSR count). The second-order valence-electron chi connectivity index (χ2n) is 6.65. The number of benzene rings is 1. The Morgan fingerprint density at radius 3 is 2.35 bits per heavy atom. The van der Waals surface area contributed by atoms with E-state index in [1.54, 1.807) is 5.32 Å². The number of halogens is 4. The zero-order valence-corrected chi connectivity index (χ0v) is 14.9. The van der Waals surface area contributed by atoms with E-state index in [1.165, 1.54) is 20.8 Å². The van der Waals surface area contributed by atoms with E-state index in [0.717, 1.165) is 6.07 Å². The molecule has 0 radical (unpaired) electrons. The van der Waals surface area contributed by atoms with Crippen molar-refractivity contribution in [3.8, 4) is 0 Å². The van der Waals surface area contributed by atoms with Crippen molar-refractivity contribution < 1.29 is 30.8 Å². The Kier molecular flexibility index (Phi) is 4.82. The maximum atomic E-state index is 14.3. The number of nitrogens with zero attached hydrogens (tertiary/aromatic N) is 1. The number of alkyl halides is 2. The number of amides is 1. The Labute approximate surface area is 147 Å². The van der Waals surface area contributed by atoms with Crippen molar-refractivity contribution in [3.05, 3.63) is 29.3 Å². The second-order valence-corrected chi connectivity index (χ2v) is 9.19. The molecule has 3 N–H and O–H groups in total. The van der Waals surface area contributed by atoms with Crippen LogP contribution in [-0.2, 0) is 20.2 Å². The molecular weight excluding hydrogens is 378 g/mol. The Bertz CT molecular complexity index is 900. The number of hydrogen-bond donors (Lipinski definition) is 2. The third-order valence-electron chi connectivity index (χ3n) is 4.31. The molecular formula is C15H17F4N3O3S. The number of carbonyl (C=O) groups is 1. The van der Waals surface area contributed by atoms with E-state index in [4.69, 9.17) is 5.73 Å². The summed E-state index contributed by atoms with van der Waals surface area (Å²) in [5.41, 5.74) is 2.96. The summed E-state index contributed by atoms with van der Waals surface area (Å²) in [6.45, 7) is 3.89. The highest BCUT2D eigenvalue weighted by Crippen LogP contribution is 2.39. The third kappa shape index (κ3) is 3.27. The van der Waals surface area contributed by atoms with Crippen molar-refractivity contribution in [2.75, 3.05) is 11.1 Å². The van der Waals surface area contributed by atoms with Gasteiger partial charge in [0, 0.05) is 17.3 Å². The molecule has 0 fully saturated rings. The normalized spacial score (nSPS) is 24.2. The molecule has 1 atom stereocenters. The lowest BCUT2D eigenvalue weighted by atomic mass is 9.92. The number of hydrogen-bond acceptors (Lipinski definition) is 5. The van der Waals surface area contributed by atoms with Gasteiger partial charge in [-0.05, 0) is 26.8 Å². The molecule has 0 saturated carbocycles. The zero-order valence-electron chi connectivity index (χ0n) is 14.1. The van der Waals surface area contributed by atoms with E-state index in [1.807, 2.05) is 0 Å². The van der Waals surface area contributed by atoms with Crippen LogP contribution < -0.4 is 11.1 Å². The molecule has 0 aliphatic carbocycles. The highest BCUT2D eigenvalue weighted by atomic mass is 32.2. The van der Waals surface area contributed by atoms with Gasteiger partial charge in [0.05, 0.1) is 5.75 Å². The summed E-state index contributed by atoms with van der Waals surface area (Å²) >= 11 is 0. The summed E-state index contributed by atoms with van der Waals surface area (Å²) in [5.74, 6) is -5.56. The van der Waals surface area contributed by atoms with Crippen molar-refractivity contribution in [1.82, 2.24) is 0 Å². The molecule has 1 aromatic rings. The van der Waals surface area contributed by atoms with Gasteiger partial charge in [0.25, 0.3) is 5.91 Å². The molecule has 0 saturated heterocycles. The van der Waals surface area contributed by atoms with Crippen molar-refractivity contribution in [2.24, 2.45) is 10.7 Å². The molecule has 1 aliphatic heterocycles. The number of nitrogens with one attached hydrogen (secondary N) is 1. The molecule has 6 nitrogen and oxygen atoms in total. The van der Waals surface area contributed by atoms with Crippen molar-refractivity contribution in [1.29, 1.82) is 0 Å². The number of aliphatic imine (C=N–C) groups is 1. The average Bonchev–Trinajstić information content (AvgIpc) is 2.48. The fraction of sp³-hybridized carbons (Fsp3) is 0.467. The Morgan fingerprint density at radius 1 is 1.27 bits per heavy atom. The molecule has 26 heavy (non-hydrogen) atoms. The molecule has 11 heteroatoms. The van der Waals surface area contributed by atoms with Gasteiger partial charge >= 0.3 is 6.43 Å². The number of nitrogens with two attached hydrogens (primary N) is 1. The van der Waals surface area contributed by atoms with Gasteiger partial charge in [-0.1, -0.05) is 0 Å². The molecule has 1 heterocycles. The average molecular weight is 395 g/mol.